The molecule has 0 radical (unpaired) electrons. The number of barbiturate groups is 1. The van der Waals surface area contributed by atoms with Gasteiger partial charge in [-0.15, -0.1) is 6.42 Å². The minimum Gasteiger partial charge on any atom is -0.271 e. The Morgan fingerprint density at radius 3 is 2.33 bits per heavy atom. The molecule has 1 saturated heterocycles. The second kappa shape index (κ2) is 5.54. The molecule has 1 aliphatic heterocycles. The van der Waals surface area contributed by atoms with Crippen molar-refractivity contribution in [2.24, 2.45) is 10.2 Å². The molecule has 0 atom stereocenters. The Morgan fingerprint density at radius 2 is 1.76 bits per heavy atom. The molecule has 21 heavy (non-hydrogen) atoms. The summed E-state index contributed by atoms with van der Waals surface area (Å²) in [6, 6.07) is 4.60. The highest BCUT2D eigenvalue weighted by atomic mass is 16.2. The number of imide groups is 2. The smallest absolute Gasteiger partial charge is 0.271 e. The first-order chi connectivity index (χ1) is 9.95. The highest BCUT2D eigenvalue weighted by Gasteiger charge is 2.42. The number of hydrogen-bond acceptors (Lipinski definition) is 5. The number of likely N-dealkylation sites (N-methyl/N-ethyl adjacent to an activating group) is 2. The normalized spacial score (nSPS) is 16.7. The summed E-state index contributed by atoms with van der Waals surface area (Å²) in [6.07, 6.45) is 5.27. The van der Waals surface area contributed by atoms with Crippen LogP contribution in [0, 0.1) is 12.3 Å². The van der Waals surface area contributed by atoms with Gasteiger partial charge >= 0.3 is 6.03 Å². The van der Waals surface area contributed by atoms with Crippen LogP contribution in [-0.4, -0.2) is 47.8 Å². The summed E-state index contributed by atoms with van der Waals surface area (Å²) in [7, 11) is 2.57. The number of hydrogen-bond donors (Lipinski definition) is 0. The van der Waals surface area contributed by atoms with Crippen LogP contribution in [0.25, 0.3) is 0 Å². The molecule has 1 aromatic carbocycles. The third kappa shape index (κ3) is 2.65. The minimum absolute atomic E-state index is 0.424. The van der Waals surface area contributed by atoms with Crippen molar-refractivity contribution in [2.45, 2.75) is 6.04 Å². The van der Waals surface area contributed by atoms with Gasteiger partial charge < -0.3 is 0 Å². The Morgan fingerprint density at radius 1 is 1.14 bits per heavy atom. The molecule has 4 amide bonds. The van der Waals surface area contributed by atoms with E-state index in [2.05, 4.69) is 16.1 Å². The van der Waals surface area contributed by atoms with Gasteiger partial charge in [0.15, 0.2) is 0 Å². The molecule has 1 aromatic rings. The summed E-state index contributed by atoms with van der Waals surface area (Å²) in [5, 5.41) is 7.60. The number of terminal acetylenes is 1. The Balaban J connectivity index is 2.27. The SMILES string of the molecule is C#Cc1cccc(N=NC2C(=O)N(C)C(=O)N(C)C2=O)c1. The van der Waals surface area contributed by atoms with Gasteiger partial charge in [0.2, 0.25) is 6.04 Å². The zero-order chi connectivity index (χ0) is 15.6. The van der Waals surface area contributed by atoms with E-state index < -0.39 is 23.9 Å². The average Bonchev–Trinajstić information content (AvgIpc) is 2.51. The number of rotatable bonds is 2. The van der Waals surface area contributed by atoms with Crippen LogP contribution in [0.3, 0.4) is 0 Å². The maximum Gasteiger partial charge on any atom is 0.333 e. The molecule has 106 valence electrons. The number of azo groups is 1. The van der Waals surface area contributed by atoms with Gasteiger partial charge in [-0.3, -0.25) is 19.4 Å². The van der Waals surface area contributed by atoms with Crippen LogP contribution < -0.4 is 0 Å². The summed E-state index contributed by atoms with van der Waals surface area (Å²) in [5.41, 5.74) is 1.03. The number of amides is 4. The van der Waals surface area contributed by atoms with E-state index in [1.165, 1.54) is 14.1 Å². The molecule has 0 bridgehead atoms. The Labute approximate surface area is 121 Å². The van der Waals surface area contributed by atoms with Crippen molar-refractivity contribution >= 4 is 23.5 Å². The first-order valence-corrected chi connectivity index (χ1v) is 6.02. The molecule has 0 spiro atoms. The predicted octanol–water partition coefficient (Wildman–Crippen LogP) is 1.17. The summed E-state index contributed by atoms with van der Waals surface area (Å²) < 4.78 is 0. The second-order valence-corrected chi connectivity index (χ2v) is 4.39. The quantitative estimate of drug-likeness (QED) is 0.464. The Hall–Kier alpha value is -3.01. The van der Waals surface area contributed by atoms with E-state index >= 15 is 0 Å². The minimum atomic E-state index is -1.35. The van der Waals surface area contributed by atoms with E-state index in [1.54, 1.807) is 24.3 Å². The fraction of sp³-hybridized carbons (Fsp3) is 0.214. The third-order valence-corrected chi connectivity index (χ3v) is 3.00. The molecule has 7 nitrogen and oxygen atoms in total. The summed E-state index contributed by atoms with van der Waals surface area (Å²) in [5.74, 6) is 1.03. The average molecular weight is 284 g/mol. The molecule has 0 aliphatic carbocycles. The lowest BCUT2D eigenvalue weighted by Crippen LogP contribution is -2.58. The lowest BCUT2D eigenvalue weighted by molar-refractivity contribution is -0.143. The molecule has 0 N–H and O–H groups in total. The maximum absolute atomic E-state index is 11.9. The van der Waals surface area contributed by atoms with E-state index in [0.29, 0.717) is 11.3 Å². The lowest BCUT2D eigenvalue weighted by Gasteiger charge is -2.30. The zero-order valence-electron chi connectivity index (χ0n) is 11.5. The van der Waals surface area contributed by atoms with Gasteiger partial charge in [-0.25, -0.2) is 4.79 Å². The zero-order valence-corrected chi connectivity index (χ0v) is 11.5. The summed E-state index contributed by atoms with van der Waals surface area (Å²) in [4.78, 5) is 37.1. The molecule has 0 aromatic heterocycles. The molecule has 1 fully saturated rings. The van der Waals surface area contributed by atoms with Crippen LogP contribution >= 0.6 is 0 Å². The molecule has 1 heterocycles. The van der Waals surface area contributed by atoms with E-state index in [1.807, 2.05) is 0 Å². The van der Waals surface area contributed by atoms with Crippen LogP contribution in [-0.2, 0) is 9.59 Å². The van der Waals surface area contributed by atoms with Crippen molar-refractivity contribution in [3.8, 4) is 12.3 Å². The number of benzene rings is 1. The van der Waals surface area contributed by atoms with Crippen LogP contribution in [0.2, 0.25) is 0 Å². The molecule has 1 aliphatic rings. The van der Waals surface area contributed by atoms with Gasteiger partial charge in [0.05, 0.1) is 5.69 Å². The van der Waals surface area contributed by atoms with Crippen LogP contribution in [0.15, 0.2) is 34.5 Å². The first-order valence-electron chi connectivity index (χ1n) is 6.02. The van der Waals surface area contributed by atoms with E-state index in [4.69, 9.17) is 6.42 Å². The Kier molecular flexibility index (Phi) is 3.80. The topological polar surface area (TPSA) is 82.4 Å². The van der Waals surface area contributed by atoms with Crippen molar-refractivity contribution in [1.29, 1.82) is 0 Å². The molecular formula is C14H12N4O3. The van der Waals surface area contributed by atoms with Gasteiger partial charge in [0.1, 0.15) is 0 Å². The second-order valence-electron chi connectivity index (χ2n) is 4.39. The van der Waals surface area contributed by atoms with Crippen LogP contribution in [0.4, 0.5) is 10.5 Å². The van der Waals surface area contributed by atoms with Gasteiger partial charge in [-0.2, -0.15) is 10.2 Å². The summed E-state index contributed by atoms with van der Waals surface area (Å²) in [6.45, 7) is 0. The monoisotopic (exact) mass is 284 g/mol. The fourth-order valence-electron chi connectivity index (χ4n) is 1.77. The van der Waals surface area contributed by atoms with Gasteiger partial charge in [-0.05, 0) is 18.2 Å². The van der Waals surface area contributed by atoms with Crippen molar-refractivity contribution in [1.82, 2.24) is 9.80 Å². The standard InChI is InChI=1S/C14H12N4O3/c1-4-9-6-5-7-10(8-9)15-16-11-12(19)17(2)14(21)18(3)13(11)20/h1,5-8,11H,2-3H3. The fourth-order valence-corrected chi connectivity index (χ4v) is 1.77. The highest BCUT2D eigenvalue weighted by Crippen LogP contribution is 2.17. The van der Waals surface area contributed by atoms with Gasteiger partial charge in [0, 0.05) is 19.7 Å². The molecular weight excluding hydrogens is 272 g/mol. The van der Waals surface area contributed by atoms with Crippen molar-refractivity contribution in [2.75, 3.05) is 14.1 Å². The highest BCUT2D eigenvalue weighted by molar-refractivity contribution is 6.18. The maximum atomic E-state index is 11.9. The van der Waals surface area contributed by atoms with Gasteiger partial charge in [-0.1, -0.05) is 12.0 Å². The number of carbonyl (C=O) groups is 3. The van der Waals surface area contributed by atoms with E-state index in [-0.39, 0.29) is 0 Å². The number of carbonyl (C=O) groups excluding carboxylic acids is 3. The summed E-state index contributed by atoms with van der Waals surface area (Å²) >= 11 is 0. The van der Waals surface area contributed by atoms with E-state index in [0.717, 1.165) is 9.80 Å². The van der Waals surface area contributed by atoms with Crippen molar-refractivity contribution in [3.63, 3.8) is 0 Å². The number of nitrogens with zero attached hydrogens (tertiary/aromatic N) is 4. The molecule has 0 saturated carbocycles. The predicted molar refractivity (Wildman–Crippen MR) is 73.6 cm³/mol. The van der Waals surface area contributed by atoms with Crippen molar-refractivity contribution < 1.29 is 14.4 Å². The first kappa shape index (κ1) is 14.4. The number of urea groups is 1. The molecule has 0 unspecified atom stereocenters. The van der Waals surface area contributed by atoms with E-state index in [9.17, 15) is 14.4 Å². The van der Waals surface area contributed by atoms with Crippen LogP contribution in [0.1, 0.15) is 5.56 Å². The molecule has 7 heteroatoms. The lowest BCUT2D eigenvalue weighted by atomic mass is 10.2. The van der Waals surface area contributed by atoms with Gasteiger partial charge in [0.25, 0.3) is 11.8 Å². The van der Waals surface area contributed by atoms with Crippen molar-refractivity contribution in [3.05, 3.63) is 29.8 Å². The molecule has 2 rings (SSSR count). The van der Waals surface area contributed by atoms with Crippen LogP contribution in [0.5, 0.6) is 0 Å². The largest absolute Gasteiger partial charge is 0.333 e. The third-order valence-electron chi connectivity index (χ3n) is 3.00. The Bertz CT molecular complexity index is 666.